The maximum Gasteiger partial charge on any atom is 0.238 e. The maximum atomic E-state index is 10.5. The van der Waals surface area contributed by atoms with Crippen LogP contribution in [0.1, 0.15) is 6.42 Å². The van der Waals surface area contributed by atoms with Gasteiger partial charge in [0.1, 0.15) is 5.54 Å². The van der Waals surface area contributed by atoms with Crippen molar-refractivity contribution in [3.63, 3.8) is 0 Å². The van der Waals surface area contributed by atoms with Crippen molar-refractivity contribution in [1.82, 2.24) is 0 Å². The van der Waals surface area contributed by atoms with Crippen LogP contribution in [0.4, 0.5) is 0 Å². The van der Waals surface area contributed by atoms with Crippen LogP contribution < -0.4 is 11.5 Å². The summed E-state index contributed by atoms with van der Waals surface area (Å²) in [5.41, 5.74) is 9.72. The third-order valence-electron chi connectivity index (χ3n) is 1.80. The van der Waals surface area contributed by atoms with Crippen LogP contribution in [-0.2, 0) is 4.79 Å². The minimum atomic E-state index is -0.762. The highest BCUT2D eigenvalue weighted by Crippen LogP contribution is 2.41. The first-order valence-electron chi connectivity index (χ1n) is 2.82. The molecule has 1 saturated carbocycles. The van der Waals surface area contributed by atoms with Gasteiger partial charge in [0.05, 0.1) is 0 Å². The van der Waals surface area contributed by atoms with Crippen molar-refractivity contribution in [3.05, 3.63) is 12.7 Å². The molecule has 1 aliphatic carbocycles. The zero-order valence-electron chi connectivity index (χ0n) is 5.13. The summed E-state index contributed by atoms with van der Waals surface area (Å²) in [6.07, 6.45) is 2.33. The monoisotopic (exact) mass is 126 g/mol. The van der Waals surface area contributed by atoms with Gasteiger partial charge < -0.3 is 11.5 Å². The van der Waals surface area contributed by atoms with E-state index in [0.717, 1.165) is 0 Å². The molecule has 0 aromatic heterocycles. The van der Waals surface area contributed by atoms with Gasteiger partial charge in [-0.25, -0.2) is 0 Å². The van der Waals surface area contributed by atoms with Crippen molar-refractivity contribution in [2.45, 2.75) is 12.0 Å². The van der Waals surface area contributed by atoms with E-state index >= 15 is 0 Å². The molecule has 0 aliphatic heterocycles. The largest absolute Gasteiger partial charge is 0.368 e. The van der Waals surface area contributed by atoms with Crippen LogP contribution >= 0.6 is 0 Å². The topological polar surface area (TPSA) is 69.1 Å². The molecule has 1 aliphatic rings. The van der Waals surface area contributed by atoms with E-state index in [9.17, 15) is 4.79 Å². The molecule has 0 bridgehead atoms. The zero-order chi connectivity index (χ0) is 7.07. The van der Waals surface area contributed by atoms with E-state index in [-0.39, 0.29) is 5.92 Å². The Labute approximate surface area is 53.7 Å². The SMILES string of the molecule is C=C[C@H]1C[C@@]1(N)C(N)=O. The summed E-state index contributed by atoms with van der Waals surface area (Å²) in [5.74, 6) is -0.317. The highest BCUT2D eigenvalue weighted by molar-refractivity contribution is 5.88. The fourth-order valence-electron chi connectivity index (χ4n) is 0.882. The lowest BCUT2D eigenvalue weighted by Gasteiger charge is -2.01. The Hall–Kier alpha value is -0.830. The van der Waals surface area contributed by atoms with Gasteiger partial charge in [-0.05, 0) is 6.42 Å². The summed E-state index contributed by atoms with van der Waals surface area (Å²) < 4.78 is 0. The number of carbonyl (C=O) groups excluding carboxylic acids is 1. The molecule has 3 heteroatoms. The molecule has 0 spiro atoms. The van der Waals surface area contributed by atoms with Gasteiger partial charge in [0.25, 0.3) is 0 Å². The average molecular weight is 126 g/mol. The van der Waals surface area contributed by atoms with Crippen molar-refractivity contribution in [3.8, 4) is 0 Å². The predicted molar refractivity (Wildman–Crippen MR) is 34.4 cm³/mol. The molecule has 1 fully saturated rings. The Morgan fingerprint density at radius 3 is 2.56 bits per heavy atom. The molecule has 2 atom stereocenters. The molecule has 0 aromatic carbocycles. The molecule has 1 amide bonds. The molecule has 0 unspecified atom stereocenters. The highest BCUT2D eigenvalue weighted by atomic mass is 16.1. The minimum absolute atomic E-state index is 0.106. The summed E-state index contributed by atoms with van der Waals surface area (Å²) in [7, 11) is 0. The van der Waals surface area contributed by atoms with Gasteiger partial charge in [0, 0.05) is 5.92 Å². The number of amides is 1. The molecule has 4 N–H and O–H groups in total. The van der Waals surface area contributed by atoms with E-state index < -0.39 is 11.4 Å². The number of rotatable bonds is 2. The first-order valence-corrected chi connectivity index (χ1v) is 2.82. The standard InChI is InChI=1S/C6H10N2O/c1-2-4-3-6(4,8)5(7)9/h2,4H,1,3,8H2,(H2,7,9)/t4-,6-/m0/s1. The minimum Gasteiger partial charge on any atom is -0.368 e. The van der Waals surface area contributed by atoms with Crippen LogP contribution in [0.2, 0.25) is 0 Å². The molecular formula is C6H10N2O. The van der Waals surface area contributed by atoms with Crippen molar-refractivity contribution in [1.29, 1.82) is 0 Å². The highest BCUT2D eigenvalue weighted by Gasteiger charge is 2.54. The molecule has 0 aromatic rings. The normalized spacial score (nSPS) is 39.9. The molecule has 9 heavy (non-hydrogen) atoms. The molecule has 3 nitrogen and oxygen atoms in total. The van der Waals surface area contributed by atoms with E-state index in [1.54, 1.807) is 6.08 Å². The Bertz CT molecular complexity index is 166. The fourth-order valence-corrected chi connectivity index (χ4v) is 0.882. The number of primary amides is 1. The first-order chi connectivity index (χ1) is 4.11. The van der Waals surface area contributed by atoms with Crippen LogP contribution in [0.25, 0.3) is 0 Å². The zero-order valence-corrected chi connectivity index (χ0v) is 5.13. The second-order valence-electron chi connectivity index (χ2n) is 2.45. The summed E-state index contributed by atoms with van der Waals surface area (Å²) in [6.45, 7) is 3.51. The molecule has 1 rings (SSSR count). The summed E-state index contributed by atoms with van der Waals surface area (Å²) in [4.78, 5) is 10.5. The second kappa shape index (κ2) is 1.57. The molecule has 0 radical (unpaired) electrons. The molecule has 0 saturated heterocycles. The van der Waals surface area contributed by atoms with E-state index in [0.29, 0.717) is 6.42 Å². The molecule has 0 heterocycles. The summed E-state index contributed by atoms with van der Waals surface area (Å²) in [5, 5.41) is 0. The number of hydrogen-bond acceptors (Lipinski definition) is 2. The van der Waals surface area contributed by atoms with Gasteiger partial charge >= 0.3 is 0 Å². The predicted octanol–water partition coefficient (Wildman–Crippen LogP) is -0.625. The van der Waals surface area contributed by atoms with Crippen LogP contribution in [0.5, 0.6) is 0 Å². The third kappa shape index (κ3) is 0.733. The molecular weight excluding hydrogens is 116 g/mol. The van der Waals surface area contributed by atoms with Crippen LogP contribution in [0, 0.1) is 5.92 Å². The van der Waals surface area contributed by atoms with Gasteiger partial charge in [-0.2, -0.15) is 0 Å². The van der Waals surface area contributed by atoms with Gasteiger partial charge in [0.15, 0.2) is 0 Å². The third-order valence-corrected chi connectivity index (χ3v) is 1.80. The maximum absolute atomic E-state index is 10.5. The average Bonchev–Trinajstić information content (AvgIpc) is 2.44. The quantitative estimate of drug-likeness (QED) is 0.484. The van der Waals surface area contributed by atoms with Crippen LogP contribution in [-0.4, -0.2) is 11.4 Å². The first kappa shape index (κ1) is 6.29. The number of carbonyl (C=O) groups is 1. The smallest absolute Gasteiger partial charge is 0.238 e. The van der Waals surface area contributed by atoms with Crippen molar-refractivity contribution in [2.24, 2.45) is 17.4 Å². The van der Waals surface area contributed by atoms with Crippen molar-refractivity contribution >= 4 is 5.91 Å². The number of hydrogen-bond donors (Lipinski definition) is 2. The molecule has 50 valence electrons. The Morgan fingerprint density at radius 2 is 2.44 bits per heavy atom. The van der Waals surface area contributed by atoms with E-state index in [1.165, 1.54) is 0 Å². The van der Waals surface area contributed by atoms with Crippen molar-refractivity contribution < 1.29 is 4.79 Å². The lowest BCUT2D eigenvalue weighted by atomic mass is 10.2. The number of nitrogens with two attached hydrogens (primary N) is 2. The Balaban J connectivity index is 2.62. The second-order valence-corrected chi connectivity index (χ2v) is 2.45. The van der Waals surface area contributed by atoms with E-state index in [1.807, 2.05) is 0 Å². The van der Waals surface area contributed by atoms with Gasteiger partial charge in [-0.3, -0.25) is 4.79 Å². The Morgan fingerprint density at radius 1 is 1.89 bits per heavy atom. The summed E-state index contributed by atoms with van der Waals surface area (Å²) >= 11 is 0. The lowest BCUT2D eigenvalue weighted by Crippen LogP contribution is -2.40. The van der Waals surface area contributed by atoms with E-state index in [2.05, 4.69) is 6.58 Å². The van der Waals surface area contributed by atoms with Gasteiger partial charge in [-0.1, -0.05) is 6.08 Å². The fraction of sp³-hybridized carbons (Fsp3) is 0.500. The van der Waals surface area contributed by atoms with E-state index in [4.69, 9.17) is 11.5 Å². The van der Waals surface area contributed by atoms with Crippen LogP contribution in [0.15, 0.2) is 12.7 Å². The van der Waals surface area contributed by atoms with Gasteiger partial charge in [-0.15, -0.1) is 6.58 Å². The van der Waals surface area contributed by atoms with Gasteiger partial charge in [0.2, 0.25) is 5.91 Å². The van der Waals surface area contributed by atoms with Crippen LogP contribution in [0.3, 0.4) is 0 Å². The summed E-state index contributed by atoms with van der Waals surface area (Å²) in [6, 6.07) is 0. The van der Waals surface area contributed by atoms with Crippen molar-refractivity contribution in [2.75, 3.05) is 0 Å². The lowest BCUT2D eigenvalue weighted by molar-refractivity contribution is -0.120. The Kier molecular flexibility index (Phi) is 1.10.